The first-order valence-electron chi connectivity index (χ1n) is 6.10. The molecule has 0 aliphatic rings. The molecule has 0 saturated carbocycles. The first-order valence-corrected chi connectivity index (χ1v) is 6.10. The largest absolute Gasteiger partial charge is 0.368 e. The molecule has 2 unspecified atom stereocenters. The molecule has 3 nitrogen and oxygen atoms in total. The second kappa shape index (κ2) is 6.36. The zero-order chi connectivity index (χ0) is 12.0. The van der Waals surface area contributed by atoms with Gasteiger partial charge in [0.2, 0.25) is 0 Å². The third kappa shape index (κ3) is 3.40. The van der Waals surface area contributed by atoms with E-state index in [1.54, 1.807) is 0 Å². The molecule has 0 bridgehead atoms. The second-order valence-electron chi connectivity index (χ2n) is 4.33. The van der Waals surface area contributed by atoms with Crippen molar-refractivity contribution in [2.24, 2.45) is 0 Å². The topological polar surface area (TPSA) is 29.9 Å². The summed E-state index contributed by atoms with van der Waals surface area (Å²) < 4.78 is 2.06. The maximum Gasteiger partial charge on any atom is 0.124 e. The van der Waals surface area contributed by atoms with Crippen LogP contribution in [0.4, 0.5) is 5.82 Å². The fraction of sp³-hybridized carbons (Fsp3) is 0.615. The van der Waals surface area contributed by atoms with Crippen molar-refractivity contribution in [3.63, 3.8) is 0 Å². The Bertz CT molecular complexity index is 317. The predicted octanol–water partition coefficient (Wildman–Crippen LogP) is 3.62. The molecule has 0 saturated heterocycles. The summed E-state index contributed by atoms with van der Waals surface area (Å²) in [6.45, 7) is 10.3. The summed E-state index contributed by atoms with van der Waals surface area (Å²) in [6, 6.07) is 2.94. The van der Waals surface area contributed by atoms with E-state index in [1.165, 1.54) is 0 Å². The Kier molecular flexibility index (Phi) is 5.09. The molecule has 90 valence electrons. The van der Waals surface area contributed by atoms with Gasteiger partial charge in [-0.2, -0.15) is 5.10 Å². The van der Waals surface area contributed by atoms with Crippen molar-refractivity contribution < 1.29 is 0 Å². The molecule has 3 heteroatoms. The third-order valence-corrected chi connectivity index (χ3v) is 2.88. The van der Waals surface area contributed by atoms with Gasteiger partial charge < -0.3 is 5.32 Å². The van der Waals surface area contributed by atoms with Crippen LogP contribution in [0.5, 0.6) is 0 Å². The molecule has 0 aliphatic carbocycles. The van der Waals surface area contributed by atoms with E-state index in [1.807, 2.05) is 18.3 Å². The smallest absolute Gasteiger partial charge is 0.124 e. The van der Waals surface area contributed by atoms with Crippen molar-refractivity contribution in [3.05, 3.63) is 24.9 Å². The highest BCUT2D eigenvalue weighted by Gasteiger charge is 2.09. The Labute approximate surface area is 98.5 Å². The minimum atomic E-state index is 0.448. The summed E-state index contributed by atoms with van der Waals surface area (Å²) >= 11 is 0. The molecule has 0 spiro atoms. The minimum absolute atomic E-state index is 0.448. The monoisotopic (exact) mass is 221 g/mol. The number of allylic oxidation sites excluding steroid dienone is 1. The van der Waals surface area contributed by atoms with E-state index in [4.69, 9.17) is 0 Å². The number of anilines is 1. The van der Waals surface area contributed by atoms with Gasteiger partial charge in [-0.25, -0.2) is 4.68 Å². The maximum absolute atomic E-state index is 4.35. The third-order valence-electron chi connectivity index (χ3n) is 2.88. The molecule has 0 amide bonds. The molecule has 1 N–H and O–H groups in total. The molecule has 2 atom stereocenters. The van der Waals surface area contributed by atoms with E-state index in [0.29, 0.717) is 12.1 Å². The van der Waals surface area contributed by atoms with Crippen LogP contribution in [0, 0.1) is 0 Å². The van der Waals surface area contributed by atoms with Crippen LogP contribution < -0.4 is 5.32 Å². The molecule has 0 radical (unpaired) electrons. The molecule has 0 aromatic carbocycles. The molecule has 0 fully saturated rings. The lowest BCUT2D eigenvalue weighted by Crippen LogP contribution is -2.19. The van der Waals surface area contributed by atoms with E-state index in [0.717, 1.165) is 25.1 Å². The van der Waals surface area contributed by atoms with Gasteiger partial charge in [-0.3, -0.25) is 0 Å². The Hall–Kier alpha value is -1.25. The highest BCUT2D eigenvalue weighted by atomic mass is 15.3. The van der Waals surface area contributed by atoms with Crippen molar-refractivity contribution in [1.82, 2.24) is 9.78 Å². The highest BCUT2D eigenvalue weighted by Crippen LogP contribution is 2.17. The van der Waals surface area contributed by atoms with Gasteiger partial charge in [0.1, 0.15) is 5.82 Å². The second-order valence-corrected chi connectivity index (χ2v) is 4.33. The number of aromatic nitrogens is 2. The van der Waals surface area contributed by atoms with Crippen LogP contribution in [-0.2, 0) is 0 Å². The number of rotatable bonds is 7. The van der Waals surface area contributed by atoms with Gasteiger partial charge in [0.15, 0.2) is 0 Å². The van der Waals surface area contributed by atoms with Crippen molar-refractivity contribution in [2.75, 3.05) is 5.32 Å². The normalized spacial score (nSPS) is 14.4. The highest BCUT2D eigenvalue weighted by molar-refractivity contribution is 5.35. The van der Waals surface area contributed by atoms with Gasteiger partial charge in [0, 0.05) is 12.1 Å². The zero-order valence-electron chi connectivity index (χ0n) is 10.6. The first kappa shape index (κ1) is 12.8. The van der Waals surface area contributed by atoms with Gasteiger partial charge in [0.25, 0.3) is 0 Å². The van der Waals surface area contributed by atoms with Crippen molar-refractivity contribution >= 4 is 5.82 Å². The van der Waals surface area contributed by atoms with E-state index in [-0.39, 0.29) is 0 Å². The van der Waals surface area contributed by atoms with Crippen LogP contribution in [0.15, 0.2) is 24.9 Å². The van der Waals surface area contributed by atoms with E-state index in [2.05, 4.69) is 42.4 Å². The fourth-order valence-electron chi connectivity index (χ4n) is 1.65. The lowest BCUT2D eigenvalue weighted by Gasteiger charge is -2.18. The van der Waals surface area contributed by atoms with Crippen molar-refractivity contribution in [3.8, 4) is 0 Å². The number of hydrogen-bond acceptors (Lipinski definition) is 2. The summed E-state index contributed by atoms with van der Waals surface area (Å²) in [4.78, 5) is 0. The molecular formula is C13H23N3. The summed E-state index contributed by atoms with van der Waals surface area (Å²) in [7, 11) is 0. The van der Waals surface area contributed by atoms with Crippen LogP contribution in [0.2, 0.25) is 0 Å². The predicted molar refractivity (Wildman–Crippen MR) is 69.7 cm³/mol. The molecule has 1 heterocycles. The fourth-order valence-corrected chi connectivity index (χ4v) is 1.65. The summed E-state index contributed by atoms with van der Waals surface area (Å²) in [5.74, 6) is 1.12. The summed E-state index contributed by atoms with van der Waals surface area (Å²) in [5.41, 5.74) is 0. The Balaban J connectivity index is 2.59. The molecule has 16 heavy (non-hydrogen) atoms. The van der Waals surface area contributed by atoms with Gasteiger partial charge in [-0.1, -0.05) is 13.0 Å². The SMILES string of the molecule is C=CCCC(C)Nc1ccnn1C(C)CC. The van der Waals surface area contributed by atoms with Crippen LogP contribution in [0.3, 0.4) is 0 Å². The van der Waals surface area contributed by atoms with Crippen LogP contribution in [-0.4, -0.2) is 15.8 Å². The summed E-state index contributed by atoms with van der Waals surface area (Å²) in [5, 5.41) is 7.85. The van der Waals surface area contributed by atoms with Crippen LogP contribution in [0.1, 0.15) is 46.1 Å². The Morgan fingerprint density at radius 2 is 2.31 bits per heavy atom. The Morgan fingerprint density at radius 1 is 1.56 bits per heavy atom. The van der Waals surface area contributed by atoms with Gasteiger partial charge in [-0.05, 0) is 33.1 Å². The molecular weight excluding hydrogens is 198 g/mol. The molecule has 1 rings (SSSR count). The van der Waals surface area contributed by atoms with Gasteiger partial charge in [-0.15, -0.1) is 6.58 Å². The lowest BCUT2D eigenvalue weighted by atomic mass is 10.2. The molecule has 1 aromatic rings. The molecule has 1 aromatic heterocycles. The van der Waals surface area contributed by atoms with Crippen molar-refractivity contribution in [2.45, 2.75) is 52.1 Å². The van der Waals surface area contributed by atoms with Crippen LogP contribution >= 0.6 is 0 Å². The van der Waals surface area contributed by atoms with Crippen molar-refractivity contribution in [1.29, 1.82) is 0 Å². The minimum Gasteiger partial charge on any atom is -0.368 e. The lowest BCUT2D eigenvalue weighted by molar-refractivity contribution is 0.480. The number of nitrogens with zero attached hydrogens (tertiary/aromatic N) is 2. The van der Waals surface area contributed by atoms with Gasteiger partial charge in [0.05, 0.1) is 12.2 Å². The number of hydrogen-bond donors (Lipinski definition) is 1. The zero-order valence-corrected chi connectivity index (χ0v) is 10.6. The van der Waals surface area contributed by atoms with E-state index in [9.17, 15) is 0 Å². The van der Waals surface area contributed by atoms with Crippen LogP contribution in [0.25, 0.3) is 0 Å². The van der Waals surface area contributed by atoms with Gasteiger partial charge >= 0.3 is 0 Å². The van der Waals surface area contributed by atoms with E-state index < -0.39 is 0 Å². The molecule has 0 aliphatic heterocycles. The standard InChI is InChI=1S/C13H23N3/c1-5-7-8-11(3)15-13-9-10-14-16(13)12(4)6-2/h5,9-12,15H,1,6-8H2,2-4H3. The van der Waals surface area contributed by atoms with E-state index >= 15 is 0 Å². The summed E-state index contributed by atoms with van der Waals surface area (Å²) in [6.07, 6.45) is 7.07. The average molecular weight is 221 g/mol. The average Bonchev–Trinajstić information content (AvgIpc) is 2.73. The number of nitrogens with one attached hydrogen (secondary N) is 1. The quantitative estimate of drug-likeness (QED) is 0.713. The first-order chi connectivity index (χ1) is 7.69. The Morgan fingerprint density at radius 3 is 2.94 bits per heavy atom. The maximum atomic E-state index is 4.35.